The van der Waals surface area contributed by atoms with Crippen LogP contribution in [0.1, 0.15) is 38.2 Å². The molecule has 0 unspecified atom stereocenters. The highest BCUT2D eigenvalue weighted by Crippen LogP contribution is 2.32. The molecule has 3 aromatic rings. The number of nitrogens with one attached hydrogen (secondary N) is 1. The normalized spacial score (nSPS) is 20.2. The average Bonchev–Trinajstić information content (AvgIpc) is 2.90. The lowest BCUT2D eigenvalue weighted by atomic mass is 9.93. The van der Waals surface area contributed by atoms with Crippen molar-refractivity contribution in [2.75, 3.05) is 43.1 Å². The maximum Gasteiger partial charge on any atom is 0.225 e. The highest BCUT2D eigenvalue weighted by Gasteiger charge is 2.25. The van der Waals surface area contributed by atoms with E-state index in [2.05, 4.69) is 31.2 Å². The van der Waals surface area contributed by atoms with Crippen molar-refractivity contribution in [1.29, 1.82) is 0 Å². The van der Waals surface area contributed by atoms with Crippen LogP contribution in [0.2, 0.25) is 0 Å². The molecule has 5 rings (SSSR count). The van der Waals surface area contributed by atoms with Crippen LogP contribution in [0.15, 0.2) is 30.7 Å². The lowest BCUT2D eigenvalue weighted by Crippen LogP contribution is -2.37. The molecule has 3 aromatic heterocycles. The van der Waals surface area contributed by atoms with Gasteiger partial charge in [-0.05, 0) is 51.2 Å². The van der Waals surface area contributed by atoms with Crippen LogP contribution in [0, 0.1) is 6.92 Å². The van der Waals surface area contributed by atoms with E-state index >= 15 is 0 Å². The van der Waals surface area contributed by atoms with Gasteiger partial charge in [0.05, 0.1) is 36.5 Å². The number of ether oxygens (including phenoxy) is 3. The van der Waals surface area contributed by atoms with Crippen LogP contribution in [-0.4, -0.2) is 70.8 Å². The Balaban J connectivity index is 1.22. The van der Waals surface area contributed by atoms with Gasteiger partial charge in [-0.25, -0.2) is 9.97 Å². The molecule has 4 heterocycles. The van der Waals surface area contributed by atoms with Crippen molar-refractivity contribution >= 4 is 28.5 Å². The van der Waals surface area contributed by atoms with Crippen LogP contribution < -0.4 is 19.7 Å². The molecule has 0 radical (unpaired) electrons. The Morgan fingerprint density at radius 3 is 2.56 bits per heavy atom. The maximum atomic E-state index is 11.1. The molecule has 1 saturated carbocycles. The summed E-state index contributed by atoms with van der Waals surface area (Å²) in [5.74, 6) is 2.55. The third kappa shape index (κ3) is 5.99. The fourth-order valence-corrected chi connectivity index (χ4v) is 4.54. The van der Waals surface area contributed by atoms with E-state index in [0.717, 1.165) is 61.1 Å². The fourth-order valence-electron chi connectivity index (χ4n) is 4.54. The molecule has 0 amide bonds. The van der Waals surface area contributed by atoms with Gasteiger partial charge in [0.2, 0.25) is 11.8 Å². The van der Waals surface area contributed by atoms with Crippen molar-refractivity contribution in [3.8, 4) is 11.6 Å². The standard InChI is InChI=1S/C26H32N6O4/c1-17-11-22-23(27-13-17)12-24(32-7-9-34-10-8-32)31-25(22)36-20-5-3-19(4-6-20)30-26-28-14-21(15-29-26)35-16-18(2)33/h11-15,19-20H,3-10,16H2,1-2H3,(H,28,29,30)/t19-,20+. The number of rotatable bonds is 8. The first-order valence-corrected chi connectivity index (χ1v) is 12.5. The number of Topliss-reactive ketones (excluding diaryl/α,β-unsaturated/α-hetero) is 1. The quantitative estimate of drug-likeness (QED) is 0.502. The number of morpholine rings is 1. The zero-order valence-electron chi connectivity index (χ0n) is 20.8. The van der Waals surface area contributed by atoms with E-state index in [-0.39, 0.29) is 24.5 Å². The van der Waals surface area contributed by atoms with Gasteiger partial charge in [-0.2, -0.15) is 4.98 Å². The Labute approximate surface area is 210 Å². The first-order valence-electron chi connectivity index (χ1n) is 12.5. The summed E-state index contributed by atoms with van der Waals surface area (Å²) in [5, 5.41) is 4.35. The lowest BCUT2D eigenvalue weighted by Gasteiger charge is -2.31. The van der Waals surface area contributed by atoms with Crippen LogP contribution >= 0.6 is 0 Å². The number of aromatic nitrogens is 4. The minimum Gasteiger partial charge on any atom is -0.483 e. The maximum absolute atomic E-state index is 11.1. The average molecular weight is 493 g/mol. The smallest absolute Gasteiger partial charge is 0.225 e. The van der Waals surface area contributed by atoms with Crippen LogP contribution in [0.5, 0.6) is 11.6 Å². The molecule has 1 aliphatic heterocycles. The number of aryl methyl sites for hydroxylation is 1. The molecule has 10 heteroatoms. The zero-order chi connectivity index (χ0) is 24.9. The van der Waals surface area contributed by atoms with Crippen LogP contribution in [-0.2, 0) is 9.53 Å². The predicted molar refractivity (Wildman–Crippen MR) is 136 cm³/mol. The number of pyridine rings is 2. The van der Waals surface area contributed by atoms with Crippen molar-refractivity contribution in [2.24, 2.45) is 0 Å². The monoisotopic (exact) mass is 492 g/mol. The van der Waals surface area contributed by atoms with Gasteiger partial charge in [-0.1, -0.05) is 0 Å². The summed E-state index contributed by atoms with van der Waals surface area (Å²) in [4.78, 5) is 31.5. The van der Waals surface area contributed by atoms with Crippen molar-refractivity contribution < 1.29 is 19.0 Å². The largest absolute Gasteiger partial charge is 0.483 e. The van der Waals surface area contributed by atoms with Gasteiger partial charge < -0.3 is 24.4 Å². The summed E-state index contributed by atoms with van der Waals surface area (Å²) >= 11 is 0. The first-order chi connectivity index (χ1) is 17.5. The van der Waals surface area contributed by atoms with Crippen LogP contribution in [0.3, 0.4) is 0 Å². The van der Waals surface area contributed by atoms with E-state index in [0.29, 0.717) is 30.8 Å². The summed E-state index contributed by atoms with van der Waals surface area (Å²) in [7, 11) is 0. The van der Waals surface area contributed by atoms with E-state index in [4.69, 9.17) is 19.2 Å². The number of carbonyl (C=O) groups excluding carboxylic acids is 1. The zero-order valence-corrected chi connectivity index (χ0v) is 20.8. The molecule has 0 aromatic carbocycles. The highest BCUT2D eigenvalue weighted by molar-refractivity contribution is 5.86. The second kappa shape index (κ2) is 11.0. The molecule has 1 aliphatic carbocycles. The van der Waals surface area contributed by atoms with Crippen molar-refractivity contribution in [3.63, 3.8) is 0 Å². The number of anilines is 2. The van der Waals surface area contributed by atoms with Crippen LogP contribution in [0.25, 0.3) is 10.9 Å². The topological polar surface area (TPSA) is 112 Å². The highest BCUT2D eigenvalue weighted by atomic mass is 16.5. The molecule has 10 nitrogen and oxygen atoms in total. The molecule has 190 valence electrons. The molecular formula is C26H32N6O4. The summed E-state index contributed by atoms with van der Waals surface area (Å²) in [5.41, 5.74) is 1.98. The number of fused-ring (bicyclic) bond motifs is 1. The molecule has 36 heavy (non-hydrogen) atoms. The Kier molecular flexibility index (Phi) is 7.41. The van der Waals surface area contributed by atoms with Gasteiger partial charge in [0, 0.05) is 31.4 Å². The van der Waals surface area contributed by atoms with Crippen LogP contribution in [0.4, 0.5) is 11.8 Å². The Hall–Kier alpha value is -3.53. The van der Waals surface area contributed by atoms with Crippen molar-refractivity contribution in [3.05, 3.63) is 36.3 Å². The van der Waals surface area contributed by atoms with Gasteiger partial charge in [0.1, 0.15) is 18.5 Å². The number of hydrogen-bond acceptors (Lipinski definition) is 10. The summed E-state index contributed by atoms with van der Waals surface area (Å²) in [6.07, 6.45) is 8.83. The van der Waals surface area contributed by atoms with Gasteiger partial charge in [-0.3, -0.25) is 9.78 Å². The summed E-state index contributed by atoms with van der Waals surface area (Å²) in [6, 6.07) is 4.41. The summed E-state index contributed by atoms with van der Waals surface area (Å²) in [6.45, 7) is 6.56. The number of ketones is 1. The lowest BCUT2D eigenvalue weighted by molar-refractivity contribution is -0.118. The molecule has 2 aliphatic rings. The number of hydrogen-bond donors (Lipinski definition) is 1. The molecule has 0 atom stereocenters. The number of carbonyl (C=O) groups is 1. The second-order valence-electron chi connectivity index (χ2n) is 9.43. The predicted octanol–water partition coefficient (Wildman–Crippen LogP) is 3.33. The molecule has 0 spiro atoms. The van der Waals surface area contributed by atoms with Crippen molar-refractivity contribution in [1.82, 2.24) is 19.9 Å². The van der Waals surface area contributed by atoms with Gasteiger partial charge in [0.15, 0.2) is 11.5 Å². The van der Waals surface area contributed by atoms with E-state index in [1.54, 1.807) is 12.4 Å². The minimum absolute atomic E-state index is 0.0231. The van der Waals surface area contributed by atoms with Gasteiger partial charge in [0.25, 0.3) is 0 Å². The van der Waals surface area contributed by atoms with E-state index in [1.807, 2.05) is 19.2 Å². The van der Waals surface area contributed by atoms with E-state index < -0.39 is 0 Å². The molecule has 2 fully saturated rings. The Morgan fingerprint density at radius 2 is 1.83 bits per heavy atom. The molecular weight excluding hydrogens is 460 g/mol. The molecule has 0 bridgehead atoms. The third-order valence-corrected chi connectivity index (χ3v) is 6.46. The molecule has 1 saturated heterocycles. The number of nitrogens with zero attached hydrogens (tertiary/aromatic N) is 5. The van der Waals surface area contributed by atoms with Gasteiger partial charge >= 0.3 is 0 Å². The second-order valence-corrected chi connectivity index (χ2v) is 9.43. The molecule has 1 N–H and O–H groups in total. The SMILES string of the molecule is CC(=O)COc1cnc(N[C@H]2CC[C@@H](Oc3nc(N4CCOCC4)cc4ncc(C)cc34)CC2)nc1. The third-order valence-electron chi connectivity index (χ3n) is 6.46. The first kappa shape index (κ1) is 24.2. The Morgan fingerprint density at radius 1 is 1.08 bits per heavy atom. The fraction of sp³-hybridized carbons (Fsp3) is 0.500. The van der Waals surface area contributed by atoms with E-state index in [1.165, 1.54) is 6.92 Å². The minimum atomic E-state index is -0.0430. The van der Waals surface area contributed by atoms with Gasteiger partial charge in [-0.15, -0.1) is 0 Å². The summed E-state index contributed by atoms with van der Waals surface area (Å²) < 4.78 is 17.3. The van der Waals surface area contributed by atoms with Crippen molar-refractivity contribution in [2.45, 2.75) is 51.7 Å². The van der Waals surface area contributed by atoms with E-state index in [9.17, 15) is 4.79 Å². The Bertz CT molecular complexity index is 1190.